The fourth-order valence-electron chi connectivity index (χ4n) is 1.43. The van der Waals surface area contributed by atoms with E-state index < -0.39 is 0 Å². The number of hydrogen-bond acceptors (Lipinski definition) is 4. The van der Waals surface area contributed by atoms with Gasteiger partial charge in [-0.1, -0.05) is 6.07 Å². The van der Waals surface area contributed by atoms with Gasteiger partial charge in [0.25, 0.3) is 0 Å². The standard InChI is InChI=1S/C12H15N3S/c1-9-6-7-16-10(9)8-14-12-5-3-4-11(13-2)15-12/h3-7H,8H2,1-2H3,(H2,13,14,15). The second-order valence-electron chi connectivity index (χ2n) is 3.54. The van der Waals surface area contributed by atoms with Gasteiger partial charge in [0.05, 0.1) is 6.54 Å². The van der Waals surface area contributed by atoms with Gasteiger partial charge in [-0.05, 0) is 36.1 Å². The summed E-state index contributed by atoms with van der Waals surface area (Å²) in [6.45, 7) is 2.97. The van der Waals surface area contributed by atoms with Crippen LogP contribution in [0.3, 0.4) is 0 Å². The molecule has 2 aromatic rings. The zero-order chi connectivity index (χ0) is 11.4. The first-order valence-electron chi connectivity index (χ1n) is 5.21. The lowest BCUT2D eigenvalue weighted by Gasteiger charge is -2.06. The normalized spacial score (nSPS) is 10.1. The first kappa shape index (κ1) is 11.0. The summed E-state index contributed by atoms with van der Waals surface area (Å²) in [5.74, 6) is 1.78. The van der Waals surface area contributed by atoms with Crippen LogP contribution in [0.4, 0.5) is 11.6 Å². The van der Waals surface area contributed by atoms with Crippen LogP contribution in [0.15, 0.2) is 29.6 Å². The van der Waals surface area contributed by atoms with Crippen molar-refractivity contribution in [3.8, 4) is 0 Å². The molecule has 0 bridgehead atoms. The molecule has 0 atom stereocenters. The Hall–Kier alpha value is -1.55. The van der Waals surface area contributed by atoms with Gasteiger partial charge in [0.1, 0.15) is 11.6 Å². The molecule has 2 heterocycles. The van der Waals surface area contributed by atoms with E-state index in [0.29, 0.717) is 0 Å². The van der Waals surface area contributed by atoms with Crippen LogP contribution in [0.5, 0.6) is 0 Å². The first-order valence-corrected chi connectivity index (χ1v) is 6.09. The van der Waals surface area contributed by atoms with Crippen LogP contribution in [0.2, 0.25) is 0 Å². The zero-order valence-electron chi connectivity index (χ0n) is 9.45. The molecule has 0 saturated carbocycles. The van der Waals surface area contributed by atoms with Crippen LogP contribution in [-0.2, 0) is 6.54 Å². The molecule has 0 aliphatic rings. The Balaban J connectivity index is 2.02. The maximum atomic E-state index is 4.40. The van der Waals surface area contributed by atoms with Crippen LogP contribution in [0, 0.1) is 6.92 Å². The Kier molecular flexibility index (Phi) is 3.41. The molecule has 0 spiro atoms. The predicted octanol–water partition coefficient (Wildman–Crippen LogP) is 3.11. The molecule has 0 amide bonds. The van der Waals surface area contributed by atoms with Gasteiger partial charge in [0.2, 0.25) is 0 Å². The molecule has 0 aliphatic carbocycles. The van der Waals surface area contributed by atoms with Crippen molar-refractivity contribution < 1.29 is 0 Å². The Labute approximate surface area is 99.5 Å². The molecule has 0 aliphatic heterocycles. The number of rotatable bonds is 4. The average Bonchev–Trinajstić information content (AvgIpc) is 2.72. The van der Waals surface area contributed by atoms with E-state index in [2.05, 4.69) is 34.0 Å². The molecular weight excluding hydrogens is 218 g/mol. The maximum Gasteiger partial charge on any atom is 0.128 e. The van der Waals surface area contributed by atoms with Crippen LogP contribution in [-0.4, -0.2) is 12.0 Å². The van der Waals surface area contributed by atoms with Gasteiger partial charge in [-0.3, -0.25) is 0 Å². The summed E-state index contributed by atoms with van der Waals surface area (Å²) in [5.41, 5.74) is 1.34. The lowest BCUT2D eigenvalue weighted by atomic mass is 10.3. The summed E-state index contributed by atoms with van der Waals surface area (Å²) >= 11 is 1.77. The van der Waals surface area contributed by atoms with Gasteiger partial charge in [-0.15, -0.1) is 11.3 Å². The van der Waals surface area contributed by atoms with Gasteiger partial charge in [-0.25, -0.2) is 4.98 Å². The topological polar surface area (TPSA) is 37.0 Å². The van der Waals surface area contributed by atoms with Crippen molar-refractivity contribution in [3.63, 3.8) is 0 Å². The summed E-state index contributed by atoms with van der Waals surface area (Å²) in [7, 11) is 1.87. The fraction of sp³-hybridized carbons (Fsp3) is 0.250. The third-order valence-corrected chi connectivity index (χ3v) is 3.43. The first-order chi connectivity index (χ1) is 7.79. The molecule has 0 unspecified atom stereocenters. The smallest absolute Gasteiger partial charge is 0.128 e. The third kappa shape index (κ3) is 2.52. The van der Waals surface area contributed by atoms with Crippen molar-refractivity contribution >= 4 is 23.0 Å². The Morgan fingerprint density at radius 3 is 2.75 bits per heavy atom. The van der Waals surface area contributed by atoms with Crippen molar-refractivity contribution in [1.29, 1.82) is 0 Å². The molecule has 2 rings (SSSR count). The number of hydrogen-bond donors (Lipinski definition) is 2. The van der Waals surface area contributed by atoms with Crippen LogP contribution >= 0.6 is 11.3 Å². The fourth-order valence-corrected chi connectivity index (χ4v) is 2.27. The highest BCUT2D eigenvalue weighted by molar-refractivity contribution is 7.10. The summed E-state index contributed by atoms with van der Waals surface area (Å²) in [5, 5.41) is 8.46. The molecule has 0 fully saturated rings. The molecule has 16 heavy (non-hydrogen) atoms. The molecule has 0 aromatic carbocycles. The molecule has 2 N–H and O–H groups in total. The number of pyridine rings is 1. The van der Waals surface area contributed by atoms with E-state index in [-0.39, 0.29) is 0 Å². The Morgan fingerprint density at radius 2 is 2.06 bits per heavy atom. The number of nitrogens with zero attached hydrogens (tertiary/aromatic N) is 1. The molecule has 2 aromatic heterocycles. The highest BCUT2D eigenvalue weighted by atomic mass is 32.1. The number of nitrogens with one attached hydrogen (secondary N) is 2. The second-order valence-corrected chi connectivity index (χ2v) is 4.54. The van der Waals surface area contributed by atoms with Gasteiger partial charge in [-0.2, -0.15) is 0 Å². The highest BCUT2D eigenvalue weighted by Crippen LogP contribution is 2.17. The number of aromatic nitrogens is 1. The molecule has 4 heteroatoms. The van der Waals surface area contributed by atoms with E-state index in [1.165, 1.54) is 10.4 Å². The van der Waals surface area contributed by atoms with Gasteiger partial charge in [0.15, 0.2) is 0 Å². The van der Waals surface area contributed by atoms with E-state index >= 15 is 0 Å². The van der Waals surface area contributed by atoms with E-state index in [4.69, 9.17) is 0 Å². The largest absolute Gasteiger partial charge is 0.373 e. The SMILES string of the molecule is CNc1cccc(NCc2sccc2C)n1. The van der Waals surface area contributed by atoms with Crippen molar-refractivity contribution in [2.75, 3.05) is 17.7 Å². The highest BCUT2D eigenvalue weighted by Gasteiger charge is 2.00. The van der Waals surface area contributed by atoms with Gasteiger partial charge < -0.3 is 10.6 Å². The minimum absolute atomic E-state index is 0.837. The summed E-state index contributed by atoms with van der Waals surface area (Å²) < 4.78 is 0. The Bertz CT molecular complexity index is 465. The number of aryl methyl sites for hydroxylation is 1. The minimum Gasteiger partial charge on any atom is -0.373 e. The minimum atomic E-state index is 0.837. The van der Waals surface area contributed by atoms with Crippen LogP contribution in [0.25, 0.3) is 0 Å². The van der Waals surface area contributed by atoms with Crippen molar-refractivity contribution in [2.24, 2.45) is 0 Å². The third-order valence-electron chi connectivity index (χ3n) is 2.40. The van der Waals surface area contributed by atoms with E-state index in [0.717, 1.165) is 18.2 Å². The van der Waals surface area contributed by atoms with Gasteiger partial charge in [0, 0.05) is 11.9 Å². The zero-order valence-corrected chi connectivity index (χ0v) is 10.3. The van der Waals surface area contributed by atoms with Crippen LogP contribution < -0.4 is 10.6 Å². The molecule has 0 radical (unpaired) electrons. The predicted molar refractivity (Wildman–Crippen MR) is 70.2 cm³/mol. The average molecular weight is 233 g/mol. The summed E-state index contributed by atoms with van der Waals surface area (Å²) in [6, 6.07) is 8.05. The maximum absolute atomic E-state index is 4.40. The number of anilines is 2. The van der Waals surface area contributed by atoms with Gasteiger partial charge >= 0.3 is 0 Å². The lowest BCUT2D eigenvalue weighted by Crippen LogP contribution is -2.02. The van der Waals surface area contributed by atoms with E-state index in [1.54, 1.807) is 11.3 Å². The van der Waals surface area contributed by atoms with Crippen molar-refractivity contribution in [2.45, 2.75) is 13.5 Å². The summed E-state index contributed by atoms with van der Waals surface area (Å²) in [6.07, 6.45) is 0. The van der Waals surface area contributed by atoms with E-state index in [9.17, 15) is 0 Å². The molecule has 84 valence electrons. The Morgan fingerprint density at radius 1 is 1.25 bits per heavy atom. The molecule has 0 saturated heterocycles. The summed E-state index contributed by atoms with van der Waals surface area (Å²) in [4.78, 5) is 5.76. The molecular formula is C12H15N3S. The van der Waals surface area contributed by atoms with Crippen LogP contribution in [0.1, 0.15) is 10.4 Å². The van der Waals surface area contributed by atoms with Crippen molar-refractivity contribution in [3.05, 3.63) is 40.1 Å². The van der Waals surface area contributed by atoms with Crippen molar-refractivity contribution in [1.82, 2.24) is 4.98 Å². The lowest BCUT2D eigenvalue weighted by molar-refractivity contribution is 1.12. The van der Waals surface area contributed by atoms with E-state index in [1.807, 2.05) is 25.2 Å². The number of thiophene rings is 1. The monoisotopic (exact) mass is 233 g/mol. The second kappa shape index (κ2) is 4.99. The molecule has 3 nitrogen and oxygen atoms in total. The quantitative estimate of drug-likeness (QED) is 0.852.